The Bertz CT molecular complexity index is 1310. The molecule has 0 aliphatic rings. The van der Waals surface area contributed by atoms with Crippen molar-refractivity contribution in [3.8, 4) is 5.75 Å². The molecule has 4 aromatic rings. The number of furan rings is 1. The van der Waals surface area contributed by atoms with Gasteiger partial charge in [0.1, 0.15) is 11.3 Å². The second-order valence-electron chi connectivity index (χ2n) is 7.90. The van der Waals surface area contributed by atoms with E-state index in [1.54, 1.807) is 61.7 Å². The summed E-state index contributed by atoms with van der Waals surface area (Å²) in [5.74, 6) is 0.363. The summed E-state index contributed by atoms with van der Waals surface area (Å²) in [6.45, 7) is 1.28. The second-order valence-corrected chi connectivity index (χ2v) is 7.90. The predicted molar refractivity (Wildman–Crippen MR) is 135 cm³/mol. The van der Waals surface area contributed by atoms with Crippen LogP contribution in [0.5, 0.6) is 5.75 Å². The van der Waals surface area contributed by atoms with Gasteiger partial charge in [0.25, 0.3) is 11.8 Å². The van der Waals surface area contributed by atoms with E-state index in [1.165, 1.54) is 0 Å². The molecule has 0 radical (unpaired) electrons. The number of amides is 2. The molecule has 35 heavy (non-hydrogen) atoms. The minimum absolute atomic E-state index is 0.253. The molecule has 4 N–H and O–H groups in total. The Morgan fingerprint density at radius 1 is 0.971 bits per heavy atom. The molecule has 0 unspecified atom stereocenters. The number of nitrogen functional groups attached to an aromatic ring is 1. The maximum atomic E-state index is 12.4. The molecule has 4 rings (SSSR count). The summed E-state index contributed by atoms with van der Waals surface area (Å²) in [5.41, 5.74) is 9.05. The number of rotatable bonds is 10. The zero-order valence-corrected chi connectivity index (χ0v) is 19.4. The van der Waals surface area contributed by atoms with Crippen LogP contribution in [0.15, 0.2) is 77.2 Å². The smallest absolute Gasteiger partial charge is 0.287 e. The Hall–Kier alpha value is -4.30. The lowest BCUT2D eigenvalue weighted by Crippen LogP contribution is -2.25. The number of benzene rings is 3. The van der Waals surface area contributed by atoms with Crippen LogP contribution in [-0.2, 0) is 11.3 Å². The molecule has 0 aliphatic carbocycles. The van der Waals surface area contributed by atoms with Gasteiger partial charge in [-0.1, -0.05) is 24.3 Å². The van der Waals surface area contributed by atoms with Gasteiger partial charge in [-0.3, -0.25) is 9.59 Å². The summed E-state index contributed by atoms with van der Waals surface area (Å²) in [6.07, 6.45) is 0.608. The van der Waals surface area contributed by atoms with E-state index in [1.807, 2.05) is 18.2 Å². The van der Waals surface area contributed by atoms with E-state index < -0.39 is 0 Å². The molecule has 0 saturated heterocycles. The average molecular weight is 474 g/mol. The standard InChI is InChI=1S/C27H27N3O5/c1-33-17-19-6-4-9-24-21(19)16-25(35-24)27(32)29-14-5-15-34-20-12-10-18(11-13-20)26(31)30-23-8-3-2-7-22(23)28/h2-4,6-13,16H,5,14-15,17,28H2,1H3,(H,29,32)(H,30,31). The van der Waals surface area contributed by atoms with Gasteiger partial charge in [0.05, 0.1) is 24.6 Å². The van der Waals surface area contributed by atoms with Crippen molar-refractivity contribution in [2.75, 3.05) is 31.3 Å². The fourth-order valence-electron chi connectivity index (χ4n) is 3.57. The van der Waals surface area contributed by atoms with Crippen LogP contribution in [0.2, 0.25) is 0 Å². The third-order valence-electron chi connectivity index (χ3n) is 5.38. The number of carbonyl (C=O) groups is 2. The third kappa shape index (κ3) is 5.99. The number of hydrogen-bond donors (Lipinski definition) is 3. The van der Waals surface area contributed by atoms with Gasteiger partial charge in [0.15, 0.2) is 5.76 Å². The largest absolute Gasteiger partial charge is 0.494 e. The lowest BCUT2D eigenvalue weighted by Gasteiger charge is -2.09. The number of ether oxygens (including phenoxy) is 2. The van der Waals surface area contributed by atoms with E-state index in [-0.39, 0.29) is 17.6 Å². The van der Waals surface area contributed by atoms with Gasteiger partial charge >= 0.3 is 0 Å². The Kier molecular flexibility index (Phi) is 7.64. The predicted octanol–water partition coefficient (Wildman–Crippen LogP) is 4.61. The van der Waals surface area contributed by atoms with E-state index in [0.29, 0.717) is 54.5 Å². The first-order chi connectivity index (χ1) is 17.0. The first-order valence-electron chi connectivity index (χ1n) is 11.2. The first kappa shape index (κ1) is 23.8. The number of anilines is 2. The van der Waals surface area contributed by atoms with Crippen LogP contribution in [0.3, 0.4) is 0 Å². The van der Waals surface area contributed by atoms with E-state index in [9.17, 15) is 9.59 Å². The van der Waals surface area contributed by atoms with Crippen molar-refractivity contribution >= 4 is 34.2 Å². The van der Waals surface area contributed by atoms with Crippen LogP contribution in [0.1, 0.15) is 32.9 Å². The van der Waals surface area contributed by atoms with Crippen molar-refractivity contribution in [2.24, 2.45) is 0 Å². The van der Waals surface area contributed by atoms with Crippen LogP contribution in [0.4, 0.5) is 11.4 Å². The summed E-state index contributed by atoms with van der Waals surface area (Å²) < 4.78 is 16.6. The van der Waals surface area contributed by atoms with Crippen LogP contribution in [-0.4, -0.2) is 32.1 Å². The Balaban J connectivity index is 1.22. The number of nitrogens with one attached hydrogen (secondary N) is 2. The highest BCUT2D eigenvalue weighted by molar-refractivity contribution is 6.05. The van der Waals surface area contributed by atoms with Crippen LogP contribution in [0.25, 0.3) is 11.0 Å². The monoisotopic (exact) mass is 473 g/mol. The van der Waals surface area contributed by atoms with Crippen LogP contribution in [0, 0.1) is 0 Å². The highest BCUT2D eigenvalue weighted by Gasteiger charge is 2.14. The highest BCUT2D eigenvalue weighted by atomic mass is 16.5. The van der Waals surface area contributed by atoms with Crippen molar-refractivity contribution in [1.82, 2.24) is 5.32 Å². The maximum Gasteiger partial charge on any atom is 0.287 e. The van der Waals surface area contributed by atoms with Crippen LogP contribution >= 0.6 is 0 Å². The summed E-state index contributed by atoms with van der Waals surface area (Å²) in [7, 11) is 1.63. The van der Waals surface area contributed by atoms with E-state index in [0.717, 1.165) is 10.9 Å². The third-order valence-corrected chi connectivity index (χ3v) is 5.38. The van der Waals surface area contributed by atoms with Crippen LogP contribution < -0.4 is 21.1 Å². The molecule has 0 spiro atoms. The molecule has 2 amide bonds. The number of carbonyl (C=O) groups excluding carboxylic acids is 2. The van der Waals surface area contributed by atoms with Crippen molar-refractivity contribution in [2.45, 2.75) is 13.0 Å². The number of fused-ring (bicyclic) bond motifs is 1. The van der Waals surface area contributed by atoms with Gasteiger partial charge in [-0.15, -0.1) is 0 Å². The lowest BCUT2D eigenvalue weighted by atomic mass is 10.1. The van der Waals surface area contributed by atoms with Gasteiger partial charge in [0, 0.05) is 24.6 Å². The zero-order chi connectivity index (χ0) is 24.6. The first-order valence-corrected chi connectivity index (χ1v) is 11.2. The SMILES string of the molecule is COCc1cccc2oc(C(=O)NCCCOc3ccc(C(=O)Nc4ccccc4N)cc3)cc12. The minimum atomic E-state index is -0.279. The molecular weight excluding hydrogens is 446 g/mol. The highest BCUT2D eigenvalue weighted by Crippen LogP contribution is 2.24. The topological polar surface area (TPSA) is 116 Å². The molecule has 8 nitrogen and oxygen atoms in total. The molecule has 1 heterocycles. The average Bonchev–Trinajstić information content (AvgIpc) is 3.31. The van der Waals surface area contributed by atoms with Crippen molar-refractivity contribution in [3.05, 3.63) is 89.7 Å². The van der Waals surface area contributed by atoms with Crippen molar-refractivity contribution in [3.63, 3.8) is 0 Å². The molecule has 3 aromatic carbocycles. The van der Waals surface area contributed by atoms with Crippen molar-refractivity contribution < 1.29 is 23.5 Å². The number of para-hydroxylation sites is 2. The maximum absolute atomic E-state index is 12.4. The second kappa shape index (κ2) is 11.2. The normalized spacial score (nSPS) is 10.8. The Morgan fingerprint density at radius 2 is 1.77 bits per heavy atom. The number of methoxy groups -OCH3 is 1. The van der Waals surface area contributed by atoms with Gasteiger partial charge in [0.2, 0.25) is 0 Å². The van der Waals surface area contributed by atoms with Gasteiger partial charge in [-0.05, 0) is 60.5 Å². The molecule has 0 saturated carbocycles. The quantitative estimate of drug-likeness (QED) is 0.229. The molecule has 0 aliphatic heterocycles. The van der Waals surface area contributed by atoms with Gasteiger partial charge in [-0.25, -0.2) is 0 Å². The minimum Gasteiger partial charge on any atom is -0.494 e. The fraction of sp³-hybridized carbons (Fsp3) is 0.185. The summed E-state index contributed by atoms with van der Waals surface area (Å²) in [6, 6.07) is 21.3. The Labute approximate surface area is 203 Å². The van der Waals surface area contributed by atoms with Gasteiger partial charge < -0.3 is 30.3 Å². The molecule has 180 valence electrons. The van der Waals surface area contributed by atoms with E-state index in [4.69, 9.17) is 19.6 Å². The molecule has 0 bridgehead atoms. The Morgan fingerprint density at radius 3 is 2.54 bits per heavy atom. The fourth-order valence-corrected chi connectivity index (χ4v) is 3.57. The lowest BCUT2D eigenvalue weighted by molar-refractivity contribution is 0.0925. The number of hydrogen-bond acceptors (Lipinski definition) is 6. The zero-order valence-electron chi connectivity index (χ0n) is 19.4. The summed E-state index contributed by atoms with van der Waals surface area (Å²) in [4.78, 5) is 24.9. The molecule has 0 fully saturated rings. The molecular formula is C27H27N3O5. The summed E-state index contributed by atoms with van der Waals surface area (Å²) in [5, 5.41) is 6.50. The van der Waals surface area contributed by atoms with E-state index in [2.05, 4.69) is 10.6 Å². The summed E-state index contributed by atoms with van der Waals surface area (Å²) >= 11 is 0. The van der Waals surface area contributed by atoms with Crippen molar-refractivity contribution in [1.29, 1.82) is 0 Å². The number of nitrogens with two attached hydrogens (primary N) is 1. The van der Waals surface area contributed by atoms with E-state index >= 15 is 0 Å². The molecule has 1 aromatic heterocycles. The molecule has 8 heteroatoms. The molecule has 0 atom stereocenters. The van der Waals surface area contributed by atoms with Gasteiger partial charge in [-0.2, -0.15) is 0 Å².